The lowest BCUT2D eigenvalue weighted by Gasteiger charge is -2.63. The van der Waals surface area contributed by atoms with Gasteiger partial charge in [0, 0.05) is 5.92 Å². The number of rotatable bonds is 8. The van der Waals surface area contributed by atoms with Crippen LogP contribution >= 0.6 is 0 Å². The second kappa shape index (κ2) is 15.8. The van der Waals surface area contributed by atoms with Crippen molar-refractivity contribution in [2.75, 3.05) is 19.8 Å². The molecule has 18 heteroatoms. The molecular weight excluding hydrogens is 756 g/mol. The second-order valence-electron chi connectivity index (χ2n) is 18.0. The summed E-state index contributed by atoms with van der Waals surface area (Å²) < 4.78 is 42.6. The first-order chi connectivity index (χ1) is 26.9. The van der Waals surface area contributed by atoms with E-state index in [4.69, 9.17) is 33.2 Å². The highest BCUT2D eigenvalue weighted by Crippen LogP contribution is 2.73. The zero-order chi connectivity index (χ0) is 41.6. The van der Waals surface area contributed by atoms with Gasteiger partial charge in [-0.15, -0.1) is 0 Å². The van der Waals surface area contributed by atoms with Crippen LogP contribution < -0.4 is 0 Å². The molecule has 4 heterocycles. The van der Waals surface area contributed by atoms with Crippen molar-refractivity contribution in [2.24, 2.45) is 34.0 Å². The highest BCUT2D eigenvalue weighted by atomic mass is 16.8. The molecule has 7 rings (SSSR count). The van der Waals surface area contributed by atoms with Crippen molar-refractivity contribution in [3.05, 3.63) is 12.2 Å². The summed E-state index contributed by atoms with van der Waals surface area (Å²) in [6, 6.07) is 0. The predicted octanol–water partition coefficient (Wildman–Crippen LogP) is -2.08. The largest absolute Gasteiger partial charge is 0.432 e. The molecule has 18 nitrogen and oxygen atoms in total. The van der Waals surface area contributed by atoms with Crippen LogP contribution in [0.25, 0.3) is 0 Å². The standard InChI is InChI=1S/C39H62O18/c1-6-21-36(4)9-7-10-37(5,35(50)55-33-29(49)27(47)24(44)19(14-41)52-33)22(36)8-11-38(21)12-16(2)39(17(38)3)56-31-30(25(45)20(15-42)53-34(31)57-39)54-32-28(48)26(46)23(43)18(13-40)51-32/h17-34,40-49H,2,6-15H2,1,3-5H3/t17-,18?,19?,20?,21+,22?,23?,24?,25?,26?,27?,28?,29?,30?,31?,32?,33?,34?,36+,37-,38-,39-/m1/s1. The van der Waals surface area contributed by atoms with Gasteiger partial charge in [0.25, 0.3) is 0 Å². The van der Waals surface area contributed by atoms with E-state index in [2.05, 4.69) is 20.4 Å². The molecule has 3 aliphatic carbocycles. The minimum Gasteiger partial charge on any atom is -0.432 e. The number of esters is 1. The van der Waals surface area contributed by atoms with Crippen LogP contribution in [0.5, 0.6) is 0 Å². The van der Waals surface area contributed by atoms with Crippen LogP contribution in [0.1, 0.15) is 72.6 Å². The zero-order valence-electron chi connectivity index (χ0n) is 32.9. The van der Waals surface area contributed by atoms with E-state index in [0.717, 1.165) is 12.8 Å². The van der Waals surface area contributed by atoms with E-state index in [1.54, 1.807) is 0 Å². The van der Waals surface area contributed by atoms with Gasteiger partial charge in [0.1, 0.15) is 73.2 Å². The number of hydrogen-bond donors (Lipinski definition) is 10. The van der Waals surface area contributed by atoms with E-state index >= 15 is 0 Å². The molecule has 7 fully saturated rings. The number of fused-ring (bicyclic) bond motifs is 2. The topological polar surface area (TPSA) is 284 Å². The Balaban J connectivity index is 1.14. The Morgan fingerprint density at radius 2 is 1.35 bits per heavy atom. The fourth-order valence-electron chi connectivity index (χ4n) is 12.4. The molecule has 0 radical (unpaired) electrons. The summed E-state index contributed by atoms with van der Waals surface area (Å²) in [6.45, 7) is 10.7. The number of carbonyl (C=O) groups is 1. The maximum absolute atomic E-state index is 14.2. The fraction of sp³-hybridized carbons (Fsp3) is 0.923. The molecule has 0 amide bonds. The van der Waals surface area contributed by atoms with Gasteiger partial charge in [-0.3, -0.25) is 4.79 Å². The number of aliphatic hydroxyl groups is 10. The van der Waals surface area contributed by atoms with Gasteiger partial charge in [-0.05, 0) is 67.3 Å². The van der Waals surface area contributed by atoms with Crippen molar-refractivity contribution in [3.63, 3.8) is 0 Å². The average molecular weight is 819 g/mol. The highest BCUT2D eigenvalue weighted by Gasteiger charge is 2.73. The van der Waals surface area contributed by atoms with Crippen molar-refractivity contribution in [2.45, 2.75) is 171 Å². The van der Waals surface area contributed by atoms with Gasteiger partial charge in [-0.2, -0.15) is 0 Å². The van der Waals surface area contributed by atoms with Crippen molar-refractivity contribution in [1.82, 2.24) is 0 Å². The predicted molar refractivity (Wildman–Crippen MR) is 191 cm³/mol. The van der Waals surface area contributed by atoms with E-state index in [-0.39, 0.29) is 17.8 Å². The third-order valence-corrected chi connectivity index (χ3v) is 15.3. The van der Waals surface area contributed by atoms with Crippen LogP contribution in [0.2, 0.25) is 0 Å². The number of carbonyl (C=O) groups excluding carboxylic acids is 1. The summed E-state index contributed by atoms with van der Waals surface area (Å²) in [6.07, 6.45) is -17.7. The van der Waals surface area contributed by atoms with Crippen molar-refractivity contribution in [3.8, 4) is 0 Å². The third kappa shape index (κ3) is 6.56. The molecule has 0 aromatic heterocycles. The minimum atomic E-state index is -1.76. The maximum atomic E-state index is 14.2. The molecule has 326 valence electrons. The van der Waals surface area contributed by atoms with Crippen molar-refractivity contribution < 1.29 is 89.0 Å². The van der Waals surface area contributed by atoms with Gasteiger partial charge in [0.15, 0.2) is 18.4 Å². The van der Waals surface area contributed by atoms with E-state index < -0.39 is 140 Å². The molecule has 10 N–H and O–H groups in total. The number of ether oxygens (including phenoxy) is 7. The lowest BCUT2D eigenvalue weighted by atomic mass is 9.41. The lowest BCUT2D eigenvalue weighted by molar-refractivity contribution is -0.344. The minimum absolute atomic E-state index is 0.00208. The molecule has 7 aliphatic rings. The second-order valence-corrected chi connectivity index (χ2v) is 18.0. The Bertz CT molecular complexity index is 1480. The monoisotopic (exact) mass is 818 g/mol. The third-order valence-electron chi connectivity index (χ3n) is 15.3. The Morgan fingerprint density at radius 1 is 0.772 bits per heavy atom. The van der Waals surface area contributed by atoms with Crippen LogP contribution in [0.4, 0.5) is 0 Å². The molecule has 4 saturated heterocycles. The van der Waals surface area contributed by atoms with E-state index in [0.29, 0.717) is 37.7 Å². The SMILES string of the molecule is C=C1C[C@]2(CCC3[C@](C)(C(=O)OC4OC(CO)C(O)C(O)C4O)CCC[C@@]3(C)[C@@H]2CC)[C@@H](C)[C@]12OC1OC(CO)C(O)C(OC3OC(CO)C(O)C(O)C3O)C1O2. The van der Waals surface area contributed by atoms with Crippen molar-refractivity contribution >= 4 is 5.97 Å². The molecule has 4 aliphatic heterocycles. The summed E-state index contributed by atoms with van der Waals surface area (Å²) in [5, 5.41) is 104. The Morgan fingerprint density at radius 3 is 1.95 bits per heavy atom. The van der Waals surface area contributed by atoms with Crippen LogP contribution in [0, 0.1) is 34.0 Å². The molecule has 57 heavy (non-hydrogen) atoms. The van der Waals surface area contributed by atoms with Gasteiger partial charge in [0.2, 0.25) is 6.29 Å². The lowest BCUT2D eigenvalue weighted by Crippen LogP contribution is -2.64. The quantitative estimate of drug-likeness (QED) is 0.0929. The summed E-state index contributed by atoms with van der Waals surface area (Å²) in [5.74, 6) is -2.56. The molecule has 2 spiro atoms. The normalized spacial score (nSPS) is 55.2. The first kappa shape index (κ1) is 43.7. The van der Waals surface area contributed by atoms with E-state index in [9.17, 15) is 55.9 Å². The van der Waals surface area contributed by atoms with E-state index in [1.807, 2.05) is 13.8 Å². The Hall–Kier alpha value is -1.43. The summed E-state index contributed by atoms with van der Waals surface area (Å²) >= 11 is 0. The number of aliphatic hydroxyl groups excluding tert-OH is 10. The zero-order valence-corrected chi connectivity index (χ0v) is 32.9. The van der Waals surface area contributed by atoms with Crippen LogP contribution in [-0.4, -0.2) is 175 Å². The average Bonchev–Trinajstić information content (AvgIpc) is 3.66. The van der Waals surface area contributed by atoms with Gasteiger partial charge in [-0.25, -0.2) is 0 Å². The highest BCUT2D eigenvalue weighted by molar-refractivity contribution is 5.77. The molecular formula is C39H62O18. The van der Waals surface area contributed by atoms with Gasteiger partial charge < -0.3 is 84.2 Å². The van der Waals surface area contributed by atoms with Crippen LogP contribution in [-0.2, 0) is 38.0 Å². The smallest absolute Gasteiger partial charge is 0.314 e. The van der Waals surface area contributed by atoms with Crippen molar-refractivity contribution in [1.29, 1.82) is 0 Å². The summed E-state index contributed by atoms with van der Waals surface area (Å²) in [4.78, 5) is 14.2. The summed E-state index contributed by atoms with van der Waals surface area (Å²) in [7, 11) is 0. The van der Waals surface area contributed by atoms with E-state index in [1.165, 1.54) is 0 Å². The molecule has 16 unspecified atom stereocenters. The fourth-order valence-corrected chi connectivity index (χ4v) is 12.4. The molecule has 0 bridgehead atoms. The van der Waals surface area contributed by atoms with Gasteiger partial charge in [0.05, 0.1) is 25.2 Å². The van der Waals surface area contributed by atoms with Gasteiger partial charge >= 0.3 is 5.97 Å². The summed E-state index contributed by atoms with van der Waals surface area (Å²) in [5.41, 5.74) is -1.24. The van der Waals surface area contributed by atoms with Gasteiger partial charge in [-0.1, -0.05) is 40.2 Å². The Labute approximate surface area is 331 Å². The first-order valence-electron chi connectivity index (χ1n) is 20.3. The molecule has 0 aromatic rings. The molecule has 3 saturated carbocycles. The first-order valence-corrected chi connectivity index (χ1v) is 20.3. The number of hydrogen-bond acceptors (Lipinski definition) is 18. The van der Waals surface area contributed by atoms with Crippen LogP contribution in [0.3, 0.4) is 0 Å². The molecule has 0 aromatic carbocycles. The Kier molecular flexibility index (Phi) is 12.1. The molecule has 22 atom stereocenters. The van der Waals surface area contributed by atoms with Crippen LogP contribution in [0.15, 0.2) is 12.2 Å². The maximum Gasteiger partial charge on any atom is 0.314 e.